The van der Waals surface area contributed by atoms with E-state index in [4.69, 9.17) is 4.74 Å². The highest BCUT2D eigenvalue weighted by Crippen LogP contribution is 2.29. The number of ether oxygens (including phenoxy) is 1. The molecule has 3 nitrogen and oxygen atoms in total. The van der Waals surface area contributed by atoms with E-state index in [9.17, 15) is 9.90 Å². The highest BCUT2D eigenvalue weighted by molar-refractivity contribution is 5.97. The summed E-state index contributed by atoms with van der Waals surface area (Å²) in [5.74, 6) is 0.564. The van der Waals surface area contributed by atoms with E-state index in [0.29, 0.717) is 24.3 Å². The molecular weight excluding hydrogens is 192 g/mol. The Hall–Kier alpha value is -1.51. The first kappa shape index (κ1) is 11.6. The number of carbonyl (C=O) groups excluding carboxylic acids is 1. The molecule has 0 aliphatic heterocycles. The van der Waals surface area contributed by atoms with Crippen molar-refractivity contribution in [3.8, 4) is 11.5 Å². The molecule has 0 radical (unpaired) electrons. The molecule has 1 N–H and O–H groups in total. The minimum atomic E-state index is -0.149. The molecule has 0 aliphatic carbocycles. The van der Waals surface area contributed by atoms with Crippen molar-refractivity contribution in [1.29, 1.82) is 0 Å². The SMILES string of the molecule is CCOc1cc(CC)c(O)c(C(C)=O)c1. The number of rotatable bonds is 4. The molecule has 0 heterocycles. The number of ketones is 1. The van der Waals surface area contributed by atoms with Crippen LogP contribution in [0.2, 0.25) is 0 Å². The lowest BCUT2D eigenvalue weighted by Crippen LogP contribution is -1.99. The van der Waals surface area contributed by atoms with Gasteiger partial charge in [-0.05, 0) is 38.0 Å². The minimum absolute atomic E-state index is 0.0773. The Morgan fingerprint density at radius 3 is 2.53 bits per heavy atom. The van der Waals surface area contributed by atoms with Crippen molar-refractivity contribution in [1.82, 2.24) is 0 Å². The van der Waals surface area contributed by atoms with Crippen molar-refractivity contribution in [2.75, 3.05) is 6.61 Å². The molecule has 0 amide bonds. The van der Waals surface area contributed by atoms with E-state index in [2.05, 4.69) is 0 Å². The smallest absolute Gasteiger partial charge is 0.163 e. The van der Waals surface area contributed by atoms with Gasteiger partial charge >= 0.3 is 0 Å². The third-order valence-electron chi connectivity index (χ3n) is 2.23. The average Bonchev–Trinajstić information content (AvgIpc) is 2.20. The summed E-state index contributed by atoms with van der Waals surface area (Å²) in [5, 5.41) is 9.78. The summed E-state index contributed by atoms with van der Waals surface area (Å²) in [4.78, 5) is 11.3. The van der Waals surface area contributed by atoms with Gasteiger partial charge in [0.25, 0.3) is 0 Å². The van der Waals surface area contributed by atoms with Crippen molar-refractivity contribution >= 4 is 5.78 Å². The number of Topliss-reactive ketones (excluding diaryl/α,β-unsaturated/α-hetero) is 1. The summed E-state index contributed by atoms with van der Waals surface area (Å²) in [5.41, 5.74) is 1.07. The molecule has 1 rings (SSSR count). The molecule has 0 fully saturated rings. The maximum absolute atomic E-state index is 11.3. The van der Waals surface area contributed by atoms with Crippen LogP contribution in [0.15, 0.2) is 12.1 Å². The van der Waals surface area contributed by atoms with Crippen molar-refractivity contribution < 1.29 is 14.6 Å². The number of benzene rings is 1. The molecule has 0 spiro atoms. The zero-order chi connectivity index (χ0) is 11.4. The molecule has 82 valence electrons. The Kier molecular flexibility index (Phi) is 3.72. The second kappa shape index (κ2) is 4.82. The Bertz CT molecular complexity index is 369. The second-order valence-corrected chi connectivity index (χ2v) is 3.32. The van der Waals surface area contributed by atoms with Gasteiger partial charge in [-0.1, -0.05) is 6.92 Å². The van der Waals surface area contributed by atoms with Crippen LogP contribution in [0.1, 0.15) is 36.7 Å². The van der Waals surface area contributed by atoms with E-state index in [1.54, 1.807) is 12.1 Å². The lowest BCUT2D eigenvalue weighted by atomic mass is 10.0. The van der Waals surface area contributed by atoms with Gasteiger partial charge in [-0.15, -0.1) is 0 Å². The van der Waals surface area contributed by atoms with Crippen LogP contribution in [0.3, 0.4) is 0 Å². The molecule has 15 heavy (non-hydrogen) atoms. The molecule has 1 aromatic rings. The van der Waals surface area contributed by atoms with Crippen LogP contribution >= 0.6 is 0 Å². The summed E-state index contributed by atoms with van der Waals surface area (Å²) in [6.45, 7) is 5.79. The van der Waals surface area contributed by atoms with Gasteiger partial charge in [0.15, 0.2) is 5.78 Å². The van der Waals surface area contributed by atoms with Gasteiger partial charge < -0.3 is 9.84 Å². The van der Waals surface area contributed by atoms with Crippen LogP contribution in [-0.4, -0.2) is 17.5 Å². The van der Waals surface area contributed by atoms with Crippen LogP contribution in [0, 0.1) is 0 Å². The standard InChI is InChI=1S/C12H16O3/c1-4-9-6-10(15-5-2)7-11(8(3)13)12(9)14/h6-7,14H,4-5H2,1-3H3. The highest BCUT2D eigenvalue weighted by Gasteiger charge is 2.12. The maximum atomic E-state index is 11.3. The number of phenols is 1. The van der Waals surface area contributed by atoms with Crippen LogP contribution in [0.4, 0.5) is 0 Å². The minimum Gasteiger partial charge on any atom is -0.507 e. The number of hydrogen-bond acceptors (Lipinski definition) is 3. The third kappa shape index (κ3) is 2.49. The third-order valence-corrected chi connectivity index (χ3v) is 2.23. The molecule has 0 atom stereocenters. The zero-order valence-electron chi connectivity index (χ0n) is 9.33. The molecule has 3 heteroatoms. The van der Waals surface area contributed by atoms with Crippen LogP contribution in [0.25, 0.3) is 0 Å². The van der Waals surface area contributed by atoms with E-state index < -0.39 is 0 Å². The summed E-state index contributed by atoms with van der Waals surface area (Å²) in [6, 6.07) is 3.35. The first-order valence-electron chi connectivity index (χ1n) is 5.09. The molecule has 0 aliphatic rings. The van der Waals surface area contributed by atoms with E-state index in [0.717, 1.165) is 5.56 Å². The fraction of sp³-hybridized carbons (Fsp3) is 0.417. The van der Waals surface area contributed by atoms with E-state index in [1.165, 1.54) is 6.92 Å². The molecule has 0 aromatic heterocycles. The summed E-state index contributed by atoms with van der Waals surface area (Å²) < 4.78 is 5.33. The zero-order valence-corrected chi connectivity index (χ0v) is 9.33. The normalized spacial score (nSPS) is 10.1. The summed E-state index contributed by atoms with van der Waals surface area (Å²) in [7, 11) is 0. The van der Waals surface area contributed by atoms with Crippen LogP contribution in [0.5, 0.6) is 11.5 Å². The average molecular weight is 208 g/mol. The molecule has 1 aromatic carbocycles. The van der Waals surface area contributed by atoms with Gasteiger partial charge in [0, 0.05) is 0 Å². The number of aryl methyl sites for hydroxylation is 1. The molecular formula is C12H16O3. The Balaban J connectivity index is 3.25. The summed E-state index contributed by atoms with van der Waals surface area (Å²) in [6.07, 6.45) is 0.674. The maximum Gasteiger partial charge on any atom is 0.163 e. The van der Waals surface area contributed by atoms with Gasteiger partial charge in [-0.2, -0.15) is 0 Å². The second-order valence-electron chi connectivity index (χ2n) is 3.32. The fourth-order valence-corrected chi connectivity index (χ4v) is 1.45. The van der Waals surface area contributed by atoms with Crippen molar-refractivity contribution in [2.24, 2.45) is 0 Å². The molecule has 0 saturated heterocycles. The lowest BCUT2D eigenvalue weighted by molar-refractivity contribution is 0.101. The first-order chi connectivity index (χ1) is 7.10. The van der Waals surface area contributed by atoms with Gasteiger partial charge in [-0.3, -0.25) is 4.79 Å². The fourth-order valence-electron chi connectivity index (χ4n) is 1.45. The monoisotopic (exact) mass is 208 g/mol. The number of aromatic hydroxyl groups is 1. The molecule has 0 saturated carbocycles. The first-order valence-corrected chi connectivity index (χ1v) is 5.09. The van der Waals surface area contributed by atoms with Crippen molar-refractivity contribution in [3.05, 3.63) is 23.3 Å². The van der Waals surface area contributed by atoms with Crippen LogP contribution in [-0.2, 0) is 6.42 Å². The Labute approximate surface area is 89.7 Å². The van der Waals surface area contributed by atoms with Crippen molar-refractivity contribution in [3.63, 3.8) is 0 Å². The van der Waals surface area contributed by atoms with Crippen molar-refractivity contribution in [2.45, 2.75) is 27.2 Å². The molecule has 0 bridgehead atoms. The van der Waals surface area contributed by atoms with Gasteiger partial charge in [0.2, 0.25) is 0 Å². The largest absolute Gasteiger partial charge is 0.507 e. The number of carbonyl (C=O) groups is 1. The topological polar surface area (TPSA) is 46.5 Å². The predicted octanol–water partition coefficient (Wildman–Crippen LogP) is 2.56. The van der Waals surface area contributed by atoms with Gasteiger partial charge in [0.05, 0.1) is 12.2 Å². The Morgan fingerprint density at radius 2 is 2.07 bits per heavy atom. The lowest BCUT2D eigenvalue weighted by Gasteiger charge is -2.10. The predicted molar refractivity (Wildman–Crippen MR) is 58.7 cm³/mol. The number of hydrogen-bond donors (Lipinski definition) is 1. The van der Waals surface area contributed by atoms with Crippen LogP contribution < -0.4 is 4.74 Å². The van der Waals surface area contributed by atoms with Gasteiger partial charge in [-0.25, -0.2) is 0 Å². The van der Waals surface area contributed by atoms with E-state index in [-0.39, 0.29) is 11.5 Å². The Morgan fingerprint density at radius 1 is 1.40 bits per heavy atom. The van der Waals surface area contributed by atoms with E-state index in [1.807, 2.05) is 13.8 Å². The van der Waals surface area contributed by atoms with E-state index >= 15 is 0 Å². The quantitative estimate of drug-likeness (QED) is 0.773. The van der Waals surface area contributed by atoms with Gasteiger partial charge in [0.1, 0.15) is 11.5 Å². The molecule has 0 unspecified atom stereocenters. The highest BCUT2D eigenvalue weighted by atomic mass is 16.5. The summed E-state index contributed by atoms with van der Waals surface area (Å²) >= 11 is 0. The number of phenolic OH excluding ortho intramolecular Hbond substituents is 1.